The second kappa shape index (κ2) is 12.9. The number of rotatable bonds is 12. The van der Waals surface area contributed by atoms with Gasteiger partial charge in [-0.3, -0.25) is 4.79 Å². The molecule has 0 aliphatic rings. The summed E-state index contributed by atoms with van der Waals surface area (Å²) in [5, 5.41) is 9.76. The quantitative estimate of drug-likeness (QED) is 0.427. The van der Waals surface area contributed by atoms with Gasteiger partial charge < -0.3 is 9.84 Å². The van der Waals surface area contributed by atoms with Gasteiger partial charge in [-0.2, -0.15) is 0 Å². The molecule has 0 aliphatic heterocycles. The van der Waals surface area contributed by atoms with E-state index in [0.717, 1.165) is 44.9 Å². The lowest BCUT2D eigenvalue weighted by Crippen LogP contribution is -2.06. The van der Waals surface area contributed by atoms with E-state index in [0.29, 0.717) is 6.42 Å². The molecule has 108 valence electrons. The van der Waals surface area contributed by atoms with Crippen LogP contribution < -0.4 is 0 Å². The number of hydrogen-bond donors (Lipinski definition) is 1. The number of carbonyl (C=O) groups excluding carboxylic acids is 1. The minimum absolute atomic E-state index is 0.119. The molecule has 0 rings (SSSR count). The standard InChI is InChI=1S/C15H30O3/c1-3-4-5-8-11-14(16)12-9-6-7-10-13-15(17)18-2/h14,16H,3-13H2,1-2H3/t14-/m0/s1. The lowest BCUT2D eigenvalue weighted by molar-refractivity contribution is -0.140. The van der Waals surface area contributed by atoms with Crippen LogP contribution in [-0.4, -0.2) is 24.3 Å². The van der Waals surface area contributed by atoms with Gasteiger partial charge in [0.15, 0.2) is 0 Å². The molecule has 0 aliphatic carbocycles. The van der Waals surface area contributed by atoms with Crippen LogP contribution in [0.25, 0.3) is 0 Å². The van der Waals surface area contributed by atoms with Crippen molar-refractivity contribution in [3.05, 3.63) is 0 Å². The third-order valence-electron chi connectivity index (χ3n) is 3.29. The smallest absolute Gasteiger partial charge is 0.305 e. The summed E-state index contributed by atoms with van der Waals surface area (Å²) >= 11 is 0. The minimum atomic E-state index is -0.123. The molecule has 1 atom stereocenters. The first-order valence-electron chi connectivity index (χ1n) is 7.45. The van der Waals surface area contributed by atoms with E-state index in [1.54, 1.807) is 0 Å². The van der Waals surface area contributed by atoms with E-state index in [4.69, 9.17) is 0 Å². The summed E-state index contributed by atoms with van der Waals surface area (Å²) in [5.41, 5.74) is 0. The van der Waals surface area contributed by atoms with Gasteiger partial charge in [0.05, 0.1) is 13.2 Å². The number of aliphatic hydroxyl groups excluding tert-OH is 1. The fraction of sp³-hybridized carbons (Fsp3) is 0.933. The van der Waals surface area contributed by atoms with E-state index in [-0.39, 0.29) is 12.1 Å². The van der Waals surface area contributed by atoms with Crippen LogP contribution in [0.3, 0.4) is 0 Å². The van der Waals surface area contributed by atoms with E-state index < -0.39 is 0 Å². The van der Waals surface area contributed by atoms with Crippen molar-refractivity contribution in [3.8, 4) is 0 Å². The molecule has 0 amide bonds. The Balaban J connectivity index is 3.19. The summed E-state index contributed by atoms with van der Waals surface area (Å²) in [6, 6.07) is 0. The second-order valence-electron chi connectivity index (χ2n) is 5.03. The van der Waals surface area contributed by atoms with Crippen molar-refractivity contribution in [1.29, 1.82) is 0 Å². The monoisotopic (exact) mass is 258 g/mol. The maximum atomic E-state index is 10.9. The number of aliphatic hydroxyl groups is 1. The Hall–Kier alpha value is -0.570. The third-order valence-corrected chi connectivity index (χ3v) is 3.29. The van der Waals surface area contributed by atoms with Crippen molar-refractivity contribution < 1.29 is 14.6 Å². The van der Waals surface area contributed by atoms with Crippen LogP contribution in [0.15, 0.2) is 0 Å². The average molecular weight is 258 g/mol. The molecule has 0 bridgehead atoms. The molecule has 0 aromatic carbocycles. The van der Waals surface area contributed by atoms with Gasteiger partial charge in [0.1, 0.15) is 0 Å². The highest BCUT2D eigenvalue weighted by atomic mass is 16.5. The van der Waals surface area contributed by atoms with Gasteiger partial charge in [0.25, 0.3) is 0 Å². The third kappa shape index (κ3) is 11.9. The predicted molar refractivity (Wildman–Crippen MR) is 74.5 cm³/mol. The first-order valence-corrected chi connectivity index (χ1v) is 7.45. The highest BCUT2D eigenvalue weighted by Crippen LogP contribution is 2.12. The Morgan fingerprint density at radius 2 is 1.56 bits per heavy atom. The van der Waals surface area contributed by atoms with E-state index in [1.807, 2.05) is 0 Å². The average Bonchev–Trinajstić information content (AvgIpc) is 2.38. The van der Waals surface area contributed by atoms with Crippen molar-refractivity contribution in [3.63, 3.8) is 0 Å². The van der Waals surface area contributed by atoms with Crippen LogP contribution in [0.1, 0.15) is 77.6 Å². The van der Waals surface area contributed by atoms with Crippen molar-refractivity contribution >= 4 is 5.97 Å². The summed E-state index contributed by atoms with van der Waals surface area (Å²) in [7, 11) is 1.43. The minimum Gasteiger partial charge on any atom is -0.469 e. The number of unbranched alkanes of at least 4 members (excludes halogenated alkanes) is 6. The highest BCUT2D eigenvalue weighted by molar-refractivity contribution is 5.68. The molecule has 0 heterocycles. The molecule has 0 fully saturated rings. The van der Waals surface area contributed by atoms with Crippen molar-refractivity contribution in [2.45, 2.75) is 83.7 Å². The van der Waals surface area contributed by atoms with E-state index >= 15 is 0 Å². The van der Waals surface area contributed by atoms with E-state index in [9.17, 15) is 9.90 Å². The van der Waals surface area contributed by atoms with Gasteiger partial charge in [-0.15, -0.1) is 0 Å². The first-order chi connectivity index (χ1) is 8.70. The Morgan fingerprint density at radius 3 is 2.11 bits per heavy atom. The SMILES string of the molecule is CCCCCC[C@H](O)CCCCCCC(=O)OC. The summed E-state index contributed by atoms with van der Waals surface area (Å²) in [6.07, 6.45) is 11.3. The van der Waals surface area contributed by atoms with Crippen LogP contribution in [0.2, 0.25) is 0 Å². The molecular weight excluding hydrogens is 228 g/mol. The first kappa shape index (κ1) is 17.4. The molecule has 0 aromatic heterocycles. The molecule has 3 nitrogen and oxygen atoms in total. The summed E-state index contributed by atoms with van der Waals surface area (Å²) in [4.78, 5) is 10.9. The Labute approximate surface area is 112 Å². The fourth-order valence-electron chi connectivity index (χ4n) is 2.06. The van der Waals surface area contributed by atoms with Gasteiger partial charge in [0.2, 0.25) is 0 Å². The molecule has 18 heavy (non-hydrogen) atoms. The Morgan fingerprint density at radius 1 is 1.00 bits per heavy atom. The molecule has 1 N–H and O–H groups in total. The fourth-order valence-corrected chi connectivity index (χ4v) is 2.06. The maximum absolute atomic E-state index is 10.9. The van der Waals surface area contributed by atoms with Crippen molar-refractivity contribution in [1.82, 2.24) is 0 Å². The van der Waals surface area contributed by atoms with Gasteiger partial charge in [0, 0.05) is 6.42 Å². The van der Waals surface area contributed by atoms with E-state index in [1.165, 1.54) is 26.4 Å². The molecule has 0 unspecified atom stereocenters. The zero-order chi connectivity index (χ0) is 13.6. The highest BCUT2D eigenvalue weighted by Gasteiger charge is 2.04. The molecule has 0 saturated heterocycles. The van der Waals surface area contributed by atoms with Gasteiger partial charge in [-0.1, -0.05) is 51.9 Å². The second-order valence-corrected chi connectivity index (χ2v) is 5.03. The Bertz CT molecular complexity index is 192. The molecule has 0 aromatic rings. The number of esters is 1. The van der Waals surface area contributed by atoms with Crippen LogP contribution >= 0.6 is 0 Å². The topological polar surface area (TPSA) is 46.5 Å². The molecule has 0 spiro atoms. The number of carbonyl (C=O) groups is 1. The summed E-state index contributed by atoms with van der Waals surface area (Å²) < 4.78 is 4.58. The normalized spacial score (nSPS) is 12.4. The zero-order valence-corrected chi connectivity index (χ0v) is 12.1. The largest absolute Gasteiger partial charge is 0.469 e. The van der Waals surface area contributed by atoms with Crippen LogP contribution in [-0.2, 0) is 9.53 Å². The Kier molecular flexibility index (Phi) is 12.5. The lowest BCUT2D eigenvalue weighted by Gasteiger charge is -2.09. The summed E-state index contributed by atoms with van der Waals surface area (Å²) in [5.74, 6) is -0.119. The zero-order valence-electron chi connectivity index (χ0n) is 12.1. The van der Waals surface area contributed by atoms with Crippen LogP contribution in [0.5, 0.6) is 0 Å². The number of methoxy groups -OCH3 is 1. The van der Waals surface area contributed by atoms with Crippen LogP contribution in [0.4, 0.5) is 0 Å². The molecule has 3 heteroatoms. The summed E-state index contributed by atoms with van der Waals surface area (Å²) in [6.45, 7) is 2.20. The molecule has 0 saturated carbocycles. The lowest BCUT2D eigenvalue weighted by atomic mass is 10.0. The van der Waals surface area contributed by atoms with Gasteiger partial charge in [-0.25, -0.2) is 0 Å². The molecule has 0 radical (unpaired) electrons. The van der Waals surface area contributed by atoms with Gasteiger partial charge in [-0.05, 0) is 19.3 Å². The molecular formula is C15H30O3. The maximum Gasteiger partial charge on any atom is 0.305 e. The predicted octanol–water partition coefficient (Wildman–Crippen LogP) is 3.83. The van der Waals surface area contributed by atoms with Crippen molar-refractivity contribution in [2.75, 3.05) is 7.11 Å². The van der Waals surface area contributed by atoms with Crippen LogP contribution in [0, 0.1) is 0 Å². The van der Waals surface area contributed by atoms with Crippen molar-refractivity contribution in [2.24, 2.45) is 0 Å². The number of hydrogen-bond acceptors (Lipinski definition) is 3. The van der Waals surface area contributed by atoms with E-state index in [2.05, 4.69) is 11.7 Å². The number of ether oxygens (including phenoxy) is 1. The van der Waals surface area contributed by atoms with Gasteiger partial charge >= 0.3 is 5.97 Å².